The standard InChI is InChI=1S/C11H14N4S2/c1-12-11-14-13-10(17-11)7-15-4-2-9-8(6-15)3-5-16-9/h3,5H,2,4,6-7H2,1H3,(H,12,14). The highest BCUT2D eigenvalue weighted by atomic mass is 32.1. The van der Waals surface area contributed by atoms with Crippen molar-refractivity contribution in [3.63, 3.8) is 0 Å². The van der Waals surface area contributed by atoms with E-state index in [-0.39, 0.29) is 0 Å². The van der Waals surface area contributed by atoms with Crippen LogP contribution in [0.5, 0.6) is 0 Å². The lowest BCUT2D eigenvalue weighted by molar-refractivity contribution is 0.246. The van der Waals surface area contributed by atoms with Gasteiger partial charge in [-0.2, -0.15) is 0 Å². The zero-order valence-electron chi connectivity index (χ0n) is 9.64. The summed E-state index contributed by atoms with van der Waals surface area (Å²) in [5, 5.41) is 15.5. The van der Waals surface area contributed by atoms with Crippen molar-refractivity contribution in [1.29, 1.82) is 0 Å². The van der Waals surface area contributed by atoms with Crippen molar-refractivity contribution in [3.05, 3.63) is 26.9 Å². The van der Waals surface area contributed by atoms with Gasteiger partial charge < -0.3 is 5.32 Å². The van der Waals surface area contributed by atoms with E-state index in [1.165, 1.54) is 12.0 Å². The van der Waals surface area contributed by atoms with E-state index in [0.29, 0.717) is 0 Å². The predicted octanol–water partition coefficient (Wildman–Crippen LogP) is 2.20. The Labute approximate surface area is 108 Å². The first-order valence-electron chi connectivity index (χ1n) is 5.63. The van der Waals surface area contributed by atoms with Crippen LogP contribution in [-0.4, -0.2) is 28.7 Å². The fourth-order valence-electron chi connectivity index (χ4n) is 2.05. The average Bonchev–Trinajstić information content (AvgIpc) is 2.96. The Hall–Kier alpha value is -0.980. The molecule has 1 aliphatic heterocycles. The number of hydrogen-bond acceptors (Lipinski definition) is 6. The molecule has 0 radical (unpaired) electrons. The lowest BCUT2D eigenvalue weighted by atomic mass is 10.1. The molecule has 0 atom stereocenters. The molecule has 90 valence electrons. The topological polar surface area (TPSA) is 41.1 Å². The van der Waals surface area contributed by atoms with Gasteiger partial charge in [-0.05, 0) is 23.4 Å². The summed E-state index contributed by atoms with van der Waals surface area (Å²) in [6, 6.07) is 2.24. The van der Waals surface area contributed by atoms with Crippen LogP contribution in [0.4, 0.5) is 5.13 Å². The molecular formula is C11H14N4S2. The second-order valence-electron chi connectivity index (χ2n) is 4.08. The Kier molecular flexibility index (Phi) is 3.09. The van der Waals surface area contributed by atoms with Crippen LogP contribution in [0, 0.1) is 0 Å². The molecule has 0 amide bonds. The van der Waals surface area contributed by atoms with Crippen molar-refractivity contribution in [2.45, 2.75) is 19.5 Å². The summed E-state index contributed by atoms with van der Waals surface area (Å²) in [7, 11) is 1.88. The molecule has 6 heteroatoms. The third-order valence-electron chi connectivity index (χ3n) is 2.93. The zero-order valence-corrected chi connectivity index (χ0v) is 11.3. The summed E-state index contributed by atoms with van der Waals surface area (Å²) in [6.45, 7) is 3.09. The van der Waals surface area contributed by atoms with Gasteiger partial charge in [0.2, 0.25) is 5.13 Å². The maximum atomic E-state index is 4.19. The van der Waals surface area contributed by atoms with Gasteiger partial charge in [-0.3, -0.25) is 4.90 Å². The molecule has 1 N–H and O–H groups in total. The molecule has 2 aromatic rings. The Balaban J connectivity index is 1.67. The Morgan fingerprint density at radius 1 is 1.47 bits per heavy atom. The van der Waals surface area contributed by atoms with Crippen LogP contribution in [0.25, 0.3) is 0 Å². The van der Waals surface area contributed by atoms with Crippen molar-refractivity contribution < 1.29 is 0 Å². The number of thiophene rings is 1. The van der Waals surface area contributed by atoms with Crippen LogP contribution in [0.1, 0.15) is 15.4 Å². The number of nitrogens with one attached hydrogen (secondary N) is 1. The van der Waals surface area contributed by atoms with E-state index in [9.17, 15) is 0 Å². The number of rotatable bonds is 3. The highest BCUT2D eigenvalue weighted by Crippen LogP contribution is 2.25. The molecule has 3 rings (SSSR count). The molecule has 0 aromatic carbocycles. The molecule has 0 spiro atoms. The van der Waals surface area contributed by atoms with Crippen LogP contribution in [0.2, 0.25) is 0 Å². The van der Waals surface area contributed by atoms with Gasteiger partial charge >= 0.3 is 0 Å². The molecule has 0 fully saturated rings. The molecular weight excluding hydrogens is 252 g/mol. The van der Waals surface area contributed by atoms with Gasteiger partial charge in [-0.25, -0.2) is 0 Å². The fourth-order valence-corrected chi connectivity index (χ4v) is 3.68. The Bertz CT molecular complexity index is 505. The van der Waals surface area contributed by atoms with Crippen molar-refractivity contribution >= 4 is 27.8 Å². The molecule has 2 aromatic heterocycles. The number of hydrogen-bond donors (Lipinski definition) is 1. The molecule has 0 unspecified atom stereocenters. The molecule has 0 bridgehead atoms. The minimum atomic E-state index is 0.897. The first-order chi connectivity index (χ1) is 8.35. The summed E-state index contributed by atoms with van der Waals surface area (Å²) >= 11 is 3.52. The van der Waals surface area contributed by atoms with Gasteiger partial charge in [0.15, 0.2) is 0 Å². The van der Waals surface area contributed by atoms with Crippen molar-refractivity contribution in [2.75, 3.05) is 18.9 Å². The number of aromatic nitrogens is 2. The molecule has 1 aliphatic rings. The minimum Gasteiger partial charge on any atom is -0.363 e. The third kappa shape index (κ3) is 2.34. The predicted molar refractivity (Wildman–Crippen MR) is 71.6 cm³/mol. The third-order valence-corrected chi connectivity index (χ3v) is 4.87. The van der Waals surface area contributed by atoms with E-state index in [2.05, 4.69) is 31.9 Å². The quantitative estimate of drug-likeness (QED) is 0.924. The normalized spacial score (nSPS) is 15.8. The summed E-state index contributed by atoms with van der Waals surface area (Å²) < 4.78 is 0. The molecule has 0 aliphatic carbocycles. The van der Waals surface area contributed by atoms with Gasteiger partial charge in [0, 0.05) is 25.0 Å². The second-order valence-corrected chi connectivity index (χ2v) is 6.14. The van der Waals surface area contributed by atoms with Gasteiger partial charge in [-0.1, -0.05) is 11.3 Å². The highest BCUT2D eigenvalue weighted by Gasteiger charge is 2.18. The summed E-state index contributed by atoms with van der Waals surface area (Å²) in [5.74, 6) is 0. The molecule has 0 saturated carbocycles. The first kappa shape index (κ1) is 11.1. The van der Waals surface area contributed by atoms with E-state index >= 15 is 0 Å². The van der Waals surface area contributed by atoms with E-state index in [4.69, 9.17) is 0 Å². The molecule has 0 saturated heterocycles. The number of nitrogens with zero attached hydrogens (tertiary/aromatic N) is 3. The van der Waals surface area contributed by atoms with E-state index in [0.717, 1.165) is 29.8 Å². The maximum absolute atomic E-state index is 4.19. The monoisotopic (exact) mass is 266 g/mol. The van der Waals surface area contributed by atoms with E-state index < -0.39 is 0 Å². The van der Waals surface area contributed by atoms with E-state index in [1.54, 1.807) is 16.2 Å². The Morgan fingerprint density at radius 2 is 2.41 bits per heavy atom. The largest absolute Gasteiger partial charge is 0.363 e. The van der Waals surface area contributed by atoms with Crippen LogP contribution in [-0.2, 0) is 19.5 Å². The van der Waals surface area contributed by atoms with Gasteiger partial charge in [0.05, 0.1) is 6.54 Å². The lowest BCUT2D eigenvalue weighted by Crippen LogP contribution is -2.29. The molecule has 17 heavy (non-hydrogen) atoms. The van der Waals surface area contributed by atoms with Crippen molar-refractivity contribution in [2.24, 2.45) is 0 Å². The van der Waals surface area contributed by atoms with Crippen LogP contribution in [0.15, 0.2) is 11.4 Å². The lowest BCUT2D eigenvalue weighted by Gasteiger charge is -2.25. The van der Waals surface area contributed by atoms with Crippen LogP contribution in [0.3, 0.4) is 0 Å². The summed E-state index contributed by atoms with van der Waals surface area (Å²) in [5.41, 5.74) is 1.49. The first-order valence-corrected chi connectivity index (χ1v) is 7.32. The molecule has 4 nitrogen and oxygen atoms in total. The smallest absolute Gasteiger partial charge is 0.205 e. The van der Waals surface area contributed by atoms with Gasteiger partial charge in [-0.15, -0.1) is 21.5 Å². The molecule has 3 heterocycles. The maximum Gasteiger partial charge on any atom is 0.205 e. The van der Waals surface area contributed by atoms with Gasteiger partial charge in [0.25, 0.3) is 0 Å². The second kappa shape index (κ2) is 4.72. The summed E-state index contributed by atoms with van der Waals surface area (Å²) in [4.78, 5) is 3.99. The minimum absolute atomic E-state index is 0.897. The van der Waals surface area contributed by atoms with Gasteiger partial charge in [0.1, 0.15) is 5.01 Å². The zero-order chi connectivity index (χ0) is 11.7. The van der Waals surface area contributed by atoms with Crippen LogP contribution < -0.4 is 5.32 Å². The number of fused-ring (bicyclic) bond motifs is 1. The van der Waals surface area contributed by atoms with Crippen LogP contribution >= 0.6 is 22.7 Å². The Morgan fingerprint density at radius 3 is 3.24 bits per heavy atom. The summed E-state index contributed by atoms with van der Waals surface area (Å²) in [6.07, 6.45) is 1.17. The number of anilines is 1. The van der Waals surface area contributed by atoms with Crippen molar-refractivity contribution in [3.8, 4) is 0 Å². The van der Waals surface area contributed by atoms with Crippen molar-refractivity contribution in [1.82, 2.24) is 15.1 Å². The highest BCUT2D eigenvalue weighted by molar-refractivity contribution is 7.15. The fraction of sp³-hybridized carbons (Fsp3) is 0.455. The van der Waals surface area contributed by atoms with E-state index in [1.807, 2.05) is 18.4 Å². The average molecular weight is 266 g/mol. The SMILES string of the molecule is CNc1nnc(CN2CCc3sccc3C2)s1.